The predicted octanol–water partition coefficient (Wildman–Crippen LogP) is 2.83. The van der Waals surface area contributed by atoms with Crippen LogP contribution < -0.4 is 15.4 Å². The molecule has 5 nitrogen and oxygen atoms in total. The number of nitrogens with one attached hydrogen (secondary N) is 2. The van der Waals surface area contributed by atoms with Crippen LogP contribution in [0.1, 0.15) is 12.5 Å². The highest BCUT2D eigenvalue weighted by molar-refractivity contribution is 5.93. The Bertz CT molecular complexity index is 666. The molecule has 114 valence electrons. The summed E-state index contributed by atoms with van der Waals surface area (Å²) in [5.41, 5.74) is 2.20. The zero-order chi connectivity index (χ0) is 15.9. The molecule has 2 aromatic rings. The van der Waals surface area contributed by atoms with Gasteiger partial charge in [-0.15, -0.1) is 0 Å². The molecule has 22 heavy (non-hydrogen) atoms. The van der Waals surface area contributed by atoms with Gasteiger partial charge in [-0.2, -0.15) is 0 Å². The fraction of sp³-hybridized carbons (Fsp3) is 0.176. The Morgan fingerprint density at radius 1 is 0.955 bits per heavy atom. The quantitative estimate of drug-likeness (QED) is 0.892. The van der Waals surface area contributed by atoms with Crippen LogP contribution in [0.2, 0.25) is 0 Å². The SMILES string of the molecule is COc1ccccc1CC(=O)Nc1ccc(NC(C)=O)cc1. The van der Waals surface area contributed by atoms with E-state index in [-0.39, 0.29) is 18.2 Å². The van der Waals surface area contributed by atoms with E-state index >= 15 is 0 Å². The Morgan fingerprint density at radius 2 is 1.55 bits per heavy atom. The lowest BCUT2D eigenvalue weighted by molar-refractivity contribution is -0.116. The Morgan fingerprint density at radius 3 is 2.14 bits per heavy atom. The van der Waals surface area contributed by atoms with Crippen LogP contribution in [0.25, 0.3) is 0 Å². The van der Waals surface area contributed by atoms with Crippen LogP contribution >= 0.6 is 0 Å². The molecule has 0 bridgehead atoms. The summed E-state index contributed by atoms with van der Waals surface area (Å²) in [7, 11) is 1.58. The number of hydrogen-bond donors (Lipinski definition) is 2. The van der Waals surface area contributed by atoms with Gasteiger partial charge in [-0.25, -0.2) is 0 Å². The maximum absolute atomic E-state index is 12.1. The molecule has 2 rings (SSSR count). The summed E-state index contributed by atoms with van der Waals surface area (Å²) in [4.78, 5) is 23.0. The number of amides is 2. The predicted molar refractivity (Wildman–Crippen MR) is 86.1 cm³/mol. The molecule has 2 N–H and O–H groups in total. The second kappa shape index (κ2) is 7.26. The molecule has 5 heteroatoms. The van der Waals surface area contributed by atoms with E-state index in [0.29, 0.717) is 17.1 Å². The molecule has 0 saturated heterocycles. The summed E-state index contributed by atoms with van der Waals surface area (Å²) < 4.78 is 5.23. The van der Waals surface area contributed by atoms with Crippen LogP contribution in [0.4, 0.5) is 11.4 Å². The van der Waals surface area contributed by atoms with Crippen molar-refractivity contribution in [2.24, 2.45) is 0 Å². The second-order valence-corrected chi connectivity index (χ2v) is 4.80. The highest BCUT2D eigenvalue weighted by Crippen LogP contribution is 2.19. The number of methoxy groups -OCH3 is 1. The monoisotopic (exact) mass is 298 g/mol. The first-order chi connectivity index (χ1) is 10.6. The van der Waals surface area contributed by atoms with Gasteiger partial charge in [0.25, 0.3) is 0 Å². The van der Waals surface area contributed by atoms with Crippen LogP contribution in [0, 0.1) is 0 Å². The minimum Gasteiger partial charge on any atom is -0.496 e. The van der Waals surface area contributed by atoms with E-state index in [1.165, 1.54) is 6.92 Å². The van der Waals surface area contributed by atoms with Crippen molar-refractivity contribution in [2.45, 2.75) is 13.3 Å². The topological polar surface area (TPSA) is 67.4 Å². The number of carbonyl (C=O) groups is 2. The molecule has 0 heterocycles. The number of ether oxygens (including phenoxy) is 1. The van der Waals surface area contributed by atoms with Gasteiger partial charge >= 0.3 is 0 Å². The molecule has 0 spiro atoms. The van der Waals surface area contributed by atoms with E-state index in [2.05, 4.69) is 10.6 Å². The minimum absolute atomic E-state index is 0.128. The average molecular weight is 298 g/mol. The highest BCUT2D eigenvalue weighted by Gasteiger charge is 2.08. The first-order valence-electron chi connectivity index (χ1n) is 6.88. The fourth-order valence-corrected chi connectivity index (χ4v) is 2.07. The number of benzene rings is 2. The molecule has 0 aliphatic rings. The molecule has 0 saturated carbocycles. The van der Waals surface area contributed by atoms with Gasteiger partial charge in [-0.1, -0.05) is 18.2 Å². The largest absolute Gasteiger partial charge is 0.496 e. The van der Waals surface area contributed by atoms with Crippen molar-refractivity contribution in [3.63, 3.8) is 0 Å². The molecule has 0 unspecified atom stereocenters. The molecular weight excluding hydrogens is 280 g/mol. The van der Waals surface area contributed by atoms with E-state index in [9.17, 15) is 9.59 Å². The third-order valence-corrected chi connectivity index (χ3v) is 3.03. The van der Waals surface area contributed by atoms with Crippen LogP contribution in [0.5, 0.6) is 5.75 Å². The molecule has 2 aromatic carbocycles. The average Bonchev–Trinajstić information content (AvgIpc) is 2.49. The van der Waals surface area contributed by atoms with Gasteiger partial charge in [-0.05, 0) is 30.3 Å². The second-order valence-electron chi connectivity index (χ2n) is 4.80. The number of anilines is 2. The molecule has 0 radical (unpaired) electrons. The van der Waals surface area contributed by atoms with E-state index < -0.39 is 0 Å². The summed E-state index contributed by atoms with van der Waals surface area (Å²) >= 11 is 0. The Kier molecular flexibility index (Phi) is 5.14. The van der Waals surface area contributed by atoms with Crippen LogP contribution in [0.3, 0.4) is 0 Å². The molecule has 0 aliphatic heterocycles. The van der Waals surface area contributed by atoms with Gasteiger partial charge in [0.1, 0.15) is 5.75 Å². The molecule has 0 fully saturated rings. The first-order valence-corrected chi connectivity index (χ1v) is 6.88. The Labute approximate surface area is 129 Å². The van der Waals surface area contributed by atoms with Crippen molar-refractivity contribution in [2.75, 3.05) is 17.7 Å². The van der Waals surface area contributed by atoms with E-state index in [0.717, 1.165) is 5.56 Å². The molecule has 2 amide bonds. The van der Waals surface area contributed by atoms with Gasteiger partial charge in [0, 0.05) is 23.9 Å². The van der Waals surface area contributed by atoms with Crippen molar-refractivity contribution in [1.82, 2.24) is 0 Å². The summed E-state index contributed by atoms with van der Waals surface area (Å²) in [6, 6.07) is 14.4. The molecule has 0 aromatic heterocycles. The third-order valence-electron chi connectivity index (χ3n) is 3.03. The normalized spacial score (nSPS) is 9.91. The lowest BCUT2D eigenvalue weighted by atomic mass is 10.1. The van der Waals surface area contributed by atoms with Crippen molar-refractivity contribution < 1.29 is 14.3 Å². The van der Waals surface area contributed by atoms with Crippen molar-refractivity contribution in [3.8, 4) is 5.75 Å². The van der Waals surface area contributed by atoms with Gasteiger partial charge in [0.15, 0.2) is 0 Å². The summed E-state index contributed by atoms with van der Waals surface area (Å²) in [5, 5.41) is 5.49. The lowest BCUT2D eigenvalue weighted by Crippen LogP contribution is -2.15. The summed E-state index contributed by atoms with van der Waals surface area (Å²) in [6.07, 6.45) is 0.234. The van der Waals surface area contributed by atoms with E-state index in [4.69, 9.17) is 4.74 Å². The molecule has 0 atom stereocenters. The fourth-order valence-electron chi connectivity index (χ4n) is 2.07. The summed E-state index contributed by atoms with van der Waals surface area (Å²) in [6.45, 7) is 1.45. The maximum atomic E-state index is 12.1. The van der Waals surface area contributed by atoms with Crippen molar-refractivity contribution in [1.29, 1.82) is 0 Å². The molecular formula is C17H18N2O3. The van der Waals surface area contributed by atoms with Gasteiger partial charge < -0.3 is 15.4 Å². The van der Waals surface area contributed by atoms with E-state index in [1.807, 2.05) is 24.3 Å². The Balaban J connectivity index is 1.98. The van der Waals surface area contributed by atoms with Crippen molar-refractivity contribution >= 4 is 23.2 Å². The number of para-hydroxylation sites is 1. The zero-order valence-electron chi connectivity index (χ0n) is 12.6. The number of hydrogen-bond acceptors (Lipinski definition) is 3. The van der Waals surface area contributed by atoms with Crippen molar-refractivity contribution in [3.05, 3.63) is 54.1 Å². The summed E-state index contributed by atoms with van der Waals surface area (Å²) in [5.74, 6) is 0.434. The molecule has 0 aliphatic carbocycles. The highest BCUT2D eigenvalue weighted by atomic mass is 16.5. The standard InChI is InChI=1S/C17H18N2O3/c1-12(20)18-14-7-9-15(10-8-14)19-17(21)11-13-5-3-4-6-16(13)22-2/h3-10H,11H2,1-2H3,(H,18,20)(H,19,21). The van der Waals surface area contributed by atoms with E-state index in [1.54, 1.807) is 31.4 Å². The smallest absolute Gasteiger partial charge is 0.228 e. The van der Waals surface area contributed by atoms with Gasteiger partial charge in [0.05, 0.1) is 13.5 Å². The number of carbonyl (C=O) groups excluding carboxylic acids is 2. The van der Waals surface area contributed by atoms with Crippen LogP contribution in [-0.4, -0.2) is 18.9 Å². The maximum Gasteiger partial charge on any atom is 0.228 e. The number of rotatable bonds is 5. The Hall–Kier alpha value is -2.82. The minimum atomic E-state index is -0.132. The third kappa shape index (κ3) is 4.34. The van der Waals surface area contributed by atoms with Crippen LogP contribution in [0.15, 0.2) is 48.5 Å². The zero-order valence-corrected chi connectivity index (χ0v) is 12.6. The van der Waals surface area contributed by atoms with Gasteiger partial charge in [-0.3, -0.25) is 9.59 Å². The first kappa shape index (κ1) is 15.6. The van der Waals surface area contributed by atoms with Gasteiger partial charge in [0.2, 0.25) is 11.8 Å². The lowest BCUT2D eigenvalue weighted by Gasteiger charge is -2.09. The van der Waals surface area contributed by atoms with Crippen LogP contribution in [-0.2, 0) is 16.0 Å².